The second-order valence-electron chi connectivity index (χ2n) is 4.46. The summed E-state index contributed by atoms with van der Waals surface area (Å²) >= 11 is 0. The molecular formula is C12H22N4O2. The van der Waals surface area contributed by atoms with Gasteiger partial charge in [0.1, 0.15) is 0 Å². The highest BCUT2D eigenvalue weighted by Crippen LogP contribution is 2.18. The van der Waals surface area contributed by atoms with E-state index >= 15 is 0 Å². The van der Waals surface area contributed by atoms with Crippen LogP contribution in [0.1, 0.15) is 31.6 Å². The van der Waals surface area contributed by atoms with Crippen molar-refractivity contribution in [3.63, 3.8) is 0 Å². The van der Waals surface area contributed by atoms with Crippen LogP contribution in [0.3, 0.4) is 0 Å². The van der Waals surface area contributed by atoms with E-state index in [2.05, 4.69) is 27.3 Å². The Bertz CT molecular complexity index is 350. The molecule has 1 aliphatic heterocycles. The number of nitrogens with zero attached hydrogens (tertiary/aromatic N) is 3. The monoisotopic (exact) mass is 254 g/mol. The van der Waals surface area contributed by atoms with Gasteiger partial charge < -0.3 is 14.6 Å². The first-order chi connectivity index (χ1) is 8.81. The Morgan fingerprint density at radius 3 is 2.94 bits per heavy atom. The maximum absolute atomic E-state index is 5.33. The summed E-state index contributed by atoms with van der Waals surface area (Å²) in [5.74, 6) is 1.45. The van der Waals surface area contributed by atoms with Crippen molar-refractivity contribution in [1.29, 1.82) is 0 Å². The lowest BCUT2D eigenvalue weighted by Gasteiger charge is -2.30. The summed E-state index contributed by atoms with van der Waals surface area (Å²) in [7, 11) is 0. The third-order valence-electron chi connectivity index (χ3n) is 3.21. The van der Waals surface area contributed by atoms with Crippen molar-refractivity contribution in [2.75, 3.05) is 39.4 Å². The lowest BCUT2D eigenvalue weighted by atomic mass is 10.2. The highest BCUT2D eigenvalue weighted by Gasteiger charge is 2.22. The molecule has 1 aliphatic rings. The van der Waals surface area contributed by atoms with Gasteiger partial charge in [-0.2, -0.15) is 4.98 Å². The molecule has 18 heavy (non-hydrogen) atoms. The van der Waals surface area contributed by atoms with Gasteiger partial charge in [0.2, 0.25) is 5.89 Å². The molecule has 6 heteroatoms. The average molecular weight is 254 g/mol. The van der Waals surface area contributed by atoms with Gasteiger partial charge in [0, 0.05) is 39.2 Å². The standard InChI is InChI=1S/C12H22N4O2/c1-3-17-9-4-11-14-12(18-15-11)10(2)16-7-5-13-6-8-16/h10,13H,3-9H2,1-2H3. The fraction of sp³-hybridized carbons (Fsp3) is 0.833. The summed E-state index contributed by atoms with van der Waals surface area (Å²) < 4.78 is 10.6. The second-order valence-corrected chi connectivity index (χ2v) is 4.46. The third kappa shape index (κ3) is 3.51. The number of aromatic nitrogens is 2. The van der Waals surface area contributed by atoms with E-state index in [4.69, 9.17) is 9.26 Å². The molecular weight excluding hydrogens is 232 g/mol. The molecule has 1 aromatic rings. The van der Waals surface area contributed by atoms with Gasteiger partial charge in [-0.1, -0.05) is 5.16 Å². The molecule has 1 saturated heterocycles. The van der Waals surface area contributed by atoms with Gasteiger partial charge in [-0.05, 0) is 13.8 Å². The van der Waals surface area contributed by atoms with Gasteiger partial charge >= 0.3 is 0 Å². The topological polar surface area (TPSA) is 63.4 Å². The van der Waals surface area contributed by atoms with Crippen LogP contribution in [-0.2, 0) is 11.2 Å². The van der Waals surface area contributed by atoms with Gasteiger partial charge in [0.15, 0.2) is 5.82 Å². The van der Waals surface area contributed by atoms with Crippen molar-refractivity contribution in [3.05, 3.63) is 11.7 Å². The summed E-state index contributed by atoms with van der Waals surface area (Å²) in [6.45, 7) is 9.57. The largest absolute Gasteiger partial charge is 0.381 e. The summed E-state index contributed by atoms with van der Waals surface area (Å²) in [6, 6.07) is 0.195. The molecule has 1 atom stereocenters. The van der Waals surface area contributed by atoms with E-state index in [1.54, 1.807) is 0 Å². The highest BCUT2D eigenvalue weighted by atomic mass is 16.5. The normalized spacial score (nSPS) is 19.0. The van der Waals surface area contributed by atoms with Crippen molar-refractivity contribution in [1.82, 2.24) is 20.4 Å². The molecule has 6 nitrogen and oxygen atoms in total. The molecule has 0 spiro atoms. The zero-order valence-corrected chi connectivity index (χ0v) is 11.2. The minimum absolute atomic E-state index is 0.195. The number of ether oxygens (including phenoxy) is 1. The third-order valence-corrected chi connectivity index (χ3v) is 3.21. The van der Waals surface area contributed by atoms with Crippen molar-refractivity contribution < 1.29 is 9.26 Å². The number of hydrogen-bond acceptors (Lipinski definition) is 6. The Balaban J connectivity index is 1.87. The zero-order chi connectivity index (χ0) is 12.8. The van der Waals surface area contributed by atoms with E-state index in [1.165, 1.54) is 0 Å². The molecule has 0 aliphatic carbocycles. The van der Waals surface area contributed by atoms with E-state index in [0.29, 0.717) is 18.9 Å². The molecule has 0 saturated carbocycles. The average Bonchev–Trinajstić information content (AvgIpc) is 2.88. The Morgan fingerprint density at radius 1 is 1.44 bits per heavy atom. The summed E-state index contributed by atoms with van der Waals surface area (Å²) in [5.41, 5.74) is 0. The van der Waals surface area contributed by atoms with Gasteiger partial charge in [-0.3, -0.25) is 4.90 Å². The van der Waals surface area contributed by atoms with Crippen molar-refractivity contribution in [2.24, 2.45) is 0 Å². The SMILES string of the molecule is CCOCCc1noc(C(C)N2CCNCC2)n1. The number of piperazine rings is 1. The zero-order valence-electron chi connectivity index (χ0n) is 11.2. The molecule has 1 unspecified atom stereocenters. The van der Waals surface area contributed by atoms with Gasteiger partial charge in [-0.15, -0.1) is 0 Å². The van der Waals surface area contributed by atoms with E-state index in [-0.39, 0.29) is 6.04 Å². The molecule has 102 valence electrons. The van der Waals surface area contributed by atoms with Crippen LogP contribution in [0, 0.1) is 0 Å². The molecule has 0 radical (unpaired) electrons. The van der Waals surface area contributed by atoms with Crippen LogP contribution in [0.2, 0.25) is 0 Å². The Morgan fingerprint density at radius 2 is 2.22 bits per heavy atom. The summed E-state index contributed by atoms with van der Waals surface area (Å²) in [6.07, 6.45) is 0.714. The molecule has 2 rings (SSSR count). The molecule has 1 aromatic heterocycles. The number of rotatable bonds is 6. The van der Waals surface area contributed by atoms with E-state index in [9.17, 15) is 0 Å². The Labute approximate surface area is 108 Å². The smallest absolute Gasteiger partial charge is 0.243 e. The minimum Gasteiger partial charge on any atom is -0.381 e. The first-order valence-corrected chi connectivity index (χ1v) is 6.66. The van der Waals surface area contributed by atoms with E-state index in [0.717, 1.165) is 38.6 Å². The molecule has 0 bridgehead atoms. The quantitative estimate of drug-likeness (QED) is 0.751. The van der Waals surface area contributed by atoms with Crippen LogP contribution in [0.4, 0.5) is 0 Å². The van der Waals surface area contributed by atoms with Crippen LogP contribution in [0.5, 0.6) is 0 Å². The van der Waals surface area contributed by atoms with Gasteiger partial charge in [-0.25, -0.2) is 0 Å². The van der Waals surface area contributed by atoms with Gasteiger partial charge in [0.25, 0.3) is 0 Å². The van der Waals surface area contributed by atoms with Crippen molar-refractivity contribution >= 4 is 0 Å². The van der Waals surface area contributed by atoms with Crippen LogP contribution >= 0.6 is 0 Å². The van der Waals surface area contributed by atoms with Crippen LogP contribution < -0.4 is 5.32 Å². The fourth-order valence-electron chi connectivity index (χ4n) is 2.07. The second kappa shape index (κ2) is 6.82. The van der Waals surface area contributed by atoms with E-state index < -0.39 is 0 Å². The lowest BCUT2D eigenvalue weighted by molar-refractivity contribution is 0.148. The molecule has 0 amide bonds. The number of hydrogen-bond donors (Lipinski definition) is 1. The highest BCUT2D eigenvalue weighted by molar-refractivity contribution is 4.93. The molecule has 1 N–H and O–H groups in total. The Hall–Kier alpha value is -0.980. The lowest BCUT2D eigenvalue weighted by Crippen LogP contribution is -2.44. The fourth-order valence-corrected chi connectivity index (χ4v) is 2.07. The van der Waals surface area contributed by atoms with Crippen LogP contribution in [0.25, 0.3) is 0 Å². The van der Waals surface area contributed by atoms with Gasteiger partial charge in [0.05, 0.1) is 12.6 Å². The number of nitrogens with one attached hydrogen (secondary N) is 1. The summed E-state index contributed by atoms with van der Waals surface area (Å²) in [5, 5.41) is 7.33. The first-order valence-electron chi connectivity index (χ1n) is 6.66. The van der Waals surface area contributed by atoms with E-state index in [1.807, 2.05) is 6.92 Å². The molecule has 2 heterocycles. The maximum Gasteiger partial charge on any atom is 0.243 e. The maximum atomic E-state index is 5.33. The van der Waals surface area contributed by atoms with Crippen molar-refractivity contribution in [2.45, 2.75) is 26.3 Å². The first kappa shape index (κ1) is 13.5. The summed E-state index contributed by atoms with van der Waals surface area (Å²) in [4.78, 5) is 6.79. The molecule has 0 aromatic carbocycles. The Kier molecular flexibility index (Phi) is 5.10. The predicted molar refractivity (Wildman–Crippen MR) is 67.4 cm³/mol. The van der Waals surface area contributed by atoms with Crippen molar-refractivity contribution in [3.8, 4) is 0 Å². The van der Waals surface area contributed by atoms with Crippen LogP contribution in [0.15, 0.2) is 4.52 Å². The molecule has 1 fully saturated rings. The minimum atomic E-state index is 0.195. The van der Waals surface area contributed by atoms with Crippen LogP contribution in [-0.4, -0.2) is 54.4 Å². The predicted octanol–water partition coefficient (Wildman–Crippen LogP) is 0.615.